The summed E-state index contributed by atoms with van der Waals surface area (Å²) in [4.78, 5) is 48.3. The molecule has 0 aliphatic rings. The second kappa shape index (κ2) is 16.2. The Morgan fingerprint density at radius 2 is 1.61 bits per heavy atom. The lowest BCUT2D eigenvalue weighted by Crippen LogP contribution is -2.50. The second-order valence-corrected chi connectivity index (χ2v) is 9.37. The van der Waals surface area contributed by atoms with Crippen molar-refractivity contribution < 1.29 is 29.0 Å². The normalized spacial score (nSPS) is 13.1. The van der Waals surface area contributed by atoms with Crippen LogP contribution in [0.5, 0.6) is 0 Å². The first kappa shape index (κ1) is 30.5. The fraction of sp³-hybridized carbons (Fsp3) is 0.448. The Kier molecular flexibility index (Phi) is 13.0. The number of carbonyl (C=O) groups excluding carboxylic acids is 3. The van der Waals surface area contributed by atoms with Crippen LogP contribution in [-0.4, -0.2) is 47.5 Å². The summed E-state index contributed by atoms with van der Waals surface area (Å²) in [6.45, 7) is 6.33. The van der Waals surface area contributed by atoms with Crippen LogP contribution in [0, 0.1) is 5.92 Å². The number of ketones is 1. The molecule has 3 atom stereocenters. The smallest absolute Gasteiger partial charge is 0.404 e. The molecule has 0 saturated carbocycles. The van der Waals surface area contributed by atoms with Crippen molar-refractivity contribution in [1.82, 2.24) is 16.0 Å². The van der Waals surface area contributed by atoms with E-state index in [1.54, 1.807) is 24.3 Å². The van der Waals surface area contributed by atoms with Crippen LogP contribution in [0.25, 0.3) is 0 Å². The van der Waals surface area contributed by atoms with Gasteiger partial charge in [0, 0.05) is 18.7 Å². The van der Waals surface area contributed by atoms with E-state index in [4.69, 9.17) is 9.84 Å². The summed E-state index contributed by atoms with van der Waals surface area (Å²) in [7, 11) is 0. The summed E-state index contributed by atoms with van der Waals surface area (Å²) in [5, 5.41) is 16.7. The van der Waals surface area contributed by atoms with Crippen LogP contribution in [0.2, 0.25) is 0 Å². The molecule has 0 aromatic heterocycles. The molecule has 2 unspecified atom stereocenters. The maximum absolute atomic E-state index is 12.9. The highest BCUT2D eigenvalue weighted by molar-refractivity contribution is 5.97. The Hall–Kier alpha value is -3.72. The van der Waals surface area contributed by atoms with Crippen LogP contribution < -0.4 is 16.0 Å². The fourth-order valence-corrected chi connectivity index (χ4v) is 3.83. The third-order valence-corrected chi connectivity index (χ3v) is 6.38. The van der Waals surface area contributed by atoms with Crippen LogP contribution in [0.1, 0.15) is 67.9 Å². The number of carbonyl (C=O) groups is 4. The molecule has 4 N–H and O–H groups in total. The minimum absolute atomic E-state index is 0.0179. The van der Waals surface area contributed by atoms with E-state index in [1.807, 2.05) is 44.2 Å². The van der Waals surface area contributed by atoms with Crippen molar-refractivity contribution in [2.24, 2.45) is 5.92 Å². The zero-order valence-electron chi connectivity index (χ0n) is 22.4. The predicted molar refractivity (Wildman–Crippen MR) is 145 cm³/mol. The highest BCUT2D eigenvalue weighted by Crippen LogP contribution is 2.12. The predicted octanol–water partition coefficient (Wildman–Crippen LogP) is 4.06. The Labute approximate surface area is 224 Å². The van der Waals surface area contributed by atoms with E-state index in [9.17, 15) is 19.2 Å². The Bertz CT molecular complexity index is 1040. The van der Waals surface area contributed by atoms with Gasteiger partial charge in [-0.2, -0.15) is 0 Å². The van der Waals surface area contributed by atoms with Gasteiger partial charge in [-0.05, 0) is 55.4 Å². The molecule has 0 aliphatic heterocycles. The zero-order valence-corrected chi connectivity index (χ0v) is 22.4. The topological polar surface area (TPSA) is 134 Å². The molecule has 206 valence electrons. The molecule has 2 aromatic carbocycles. The third kappa shape index (κ3) is 10.7. The summed E-state index contributed by atoms with van der Waals surface area (Å²) in [6, 6.07) is 15.5. The van der Waals surface area contributed by atoms with Crippen molar-refractivity contribution in [3.8, 4) is 0 Å². The van der Waals surface area contributed by atoms with Crippen LogP contribution in [0.3, 0.4) is 0 Å². The van der Waals surface area contributed by atoms with Crippen molar-refractivity contribution in [2.45, 2.75) is 71.8 Å². The van der Waals surface area contributed by atoms with Crippen LogP contribution in [-0.2, 0) is 27.5 Å². The molecule has 9 nitrogen and oxygen atoms in total. The van der Waals surface area contributed by atoms with Crippen molar-refractivity contribution in [3.63, 3.8) is 0 Å². The Morgan fingerprint density at radius 3 is 2.21 bits per heavy atom. The van der Waals surface area contributed by atoms with E-state index in [0.29, 0.717) is 44.4 Å². The number of ether oxygens (including phenoxy) is 1. The van der Waals surface area contributed by atoms with E-state index in [1.165, 1.54) is 6.92 Å². The van der Waals surface area contributed by atoms with Crippen LogP contribution in [0.15, 0.2) is 54.6 Å². The van der Waals surface area contributed by atoms with Gasteiger partial charge in [0.1, 0.15) is 12.1 Å². The van der Waals surface area contributed by atoms with Crippen molar-refractivity contribution >= 4 is 23.7 Å². The minimum Gasteiger partial charge on any atom is -0.465 e. The molecule has 9 heteroatoms. The molecule has 0 heterocycles. The highest BCUT2D eigenvalue weighted by Gasteiger charge is 2.26. The van der Waals surface area contributed by atoms with E-state index in [0.717, 1.165) is 11.1 Å². The van der Waals surface area contributed by atoms with E-state index >= 15 is 0 Å². The lowest BCUT2D eigenvalue weighted by atomic mass is 9.97. The summed E-state index contributed by atoms with van der Waals surface area (Å²) in [5.41, 5.74) is 2.11. The largest absolute Gasteiger partial charge is 0.465 e. The first-order valence-electron chi connectivity index (χ1n) is 13.0. The third-order valence-electron chi connectivity index (χ3n) is 6.38. The molecule has 0 saturated heterocycles. The van der Waals surface area contributed by atoms with Gasteiger partial charge in [0.05, 0.1) is 6.61 Å². The number of unbranched alkanes of at least 4 members (excludes halogenated alkanes) is 1. The van der Waals surface area contributed by atoms with Gasteiger partial charge < -0.3 is 25.8 Å². The summed E-state index contributed by atoms with van der Waals surface area (Å²) in [5.74, 6) is -0.719. The van der Waals surface area contributed by atoms with E-state index in [2.05, 4.69) is 16.0 Å². The maximum atomic E-state index is 12.9. The maximum Gasteiger partial charge on any atom is 0.404 e. The highest BCUT2D eigenvalue weighted by atomic mass is 16.5. The van der Waals surface area contributed by atoms with E-state index < -0.39 is 18.2 Å². The van der Waals surface area contributed by atoms with Gasteiger partial charge in [-0.15, -0.1) is 0 Å². The molecule has 38 heavy (non-hydrogen) atoms. The fourth-order valence-electron chi connectivity index (χ4n) is 3.83. The standard InChI is InChI=1S/C29H39N3O6/c1-4-20(2)26(32-27(34)24-15-13-22(14-16-24)18-31-29(36)37)28(35)30-17-9-8-12-25(21(3)33)38-19-23-10-6-5-7-11-23/h5-7,10-11,13-16,20,25-26,31H,4,8-9,12,17-19H2,1-3H3,(H,30,35)(H,32,34)(H,36,37)/t20?,25?,26-/m0/s1. The quantitative estimate of drug-likeness (QED) is 0.244. The molecule has 2 aromatic rings. The lowest BCUT2D eigenvalue weighted by Gasteiger charge is -2.24. The molecule has 2 rings (SSSR count). The number of rotatable bonds is 16. The number of nitrogens with one attached hydrogen (secondary N) is 3. The second-order valence-electron chi connectivity index (χ2n) is 9.37. The van der Waals surface area contributed by atoms with Gasteiger partial charge in [0.2, 0.25) is 5.91 Å². The van der Waals surface area contributed by atoms with Crippen molar-refractivity contribution in [2.75, 3.05) is 6.54 Å². The first-order chi connectivity index (χ1) is 18.2. The lowest BCUT2D eigenvalue weighted by molar-refractivity contribution is -0.129. The number of carboxylic acid groups (broad SMARTS) is 1. The van der Waals surface area contributed by atoms with Crippen LogP contribution in [0.4, 0.5) is 4.79 Å². The summed E-state index contributed by atoms with van der Waals surface area (Å²) >= 11 is 0. The molecule has 0 fully saturated rings. The Balaban J connectivity index is 1.81. The average molecular weight is 526 g/mol. The van der Waals surface area contributed by atoms with Gasteiger partial charge >= 0.3 is 6.09 Å². The number of hydrogen-bond donors (Lipinski definition) is 4. The molecule has 3 amide bonds. The molecule has 0 aliphatic carbocycles. The average Bonchev–Trinajstić information content (AvgIpc) is 2.91. The molecular weight excluding hydrogens is 486 g/mol. The van der Waals surface area contributed by atoms with Crippen LogP contribution >= 0.6 is 0 Å². The zero-order chi connectivity index (χ0) is 27.9. The molecule has 0 radical (unpaired) electrons. The van der Waals surface area contributed by atoms with Gasteiger partial charge in [0.25, 0.3) is 5.91 Å². The molecular formula is C29H39N3O6. The summed E-state index contributed by atoms with van der Waals surface area (Å²) in [6.07, 6.45) is 1.06. The Morgan fingerprint density at radius 1 is 0.921 bits per heavy atom. The minimum atomic E-state index is -1.12. The van der Waals surface area contributed by atoms with Gasteiger partial charge in [-0.1, -0.05) is 62.7 Å². The first-order valence-corrected chi connectivity index (χ1v) is 13.0. The molecule has 0 bridgehead atoms. The number of Topliss-reactive ketones (excluding diaryl/α,β-unsaturated/α-hetero) is 1. The van der Waals surface area contributed by atoms with Gasteiger partial charge in [-0.3, -0.25) is 14.4 Å². The van der Waals surface area contributed by atoms with E-state index in [-0.39, 0.29) is 30.1 Å². The van der Waals surface area contributed by atoms with Gasteiger partial charge in [0.15, 0.2) is 5.78 Å². The summed E-state index contributed by atoms with van der Waals surface area (Å²) < 4.78 is 5.80. The SMILES string of the molecule is CCC(C)[C@H](NC(=O)c1ccc(CNC(=O)O)cc1)C(=O)NCCCCC(OCc1ccccc1)C(C)=O. The van der Waals surface area contributed by atoms with Gasteiger partial charge in [-0.25, -0.2) is 4.79 Å². The van der Waals surface area contributed by atoms with Crippen molar-refractivity contribution in [3.05, 3.63) is 71.3 Å². The number of hydrogen-bond acceptors (Lipinski definition) is 5. The van der Waals surface area contributed by atoms with Crippen molar-refractivity contribution in [1.29, 1.82) is 0 Å². The monoisotopic (exact) mass is 525 g/mol. The molecule has 0 spiro atoms. The number of benzene rings is 2. The number of amides is 3.